The Morgan fingerprint density at radius 1 is 0.953 bits per heavy atom. The monoisotopic (exact) mass is 813 g/mol. The van der Waals surface area contributed by atoms with Gasteiger partial charge in [-0.15, -0.1) is 0 Å². The van der Waals surface area contributed by atoms with Gasteiger partial charge in [-0.1, -0.05) is 56.1 Å². The van der Waals surface area contributed by atoms with Gasteiger partial charge in [-0.05, 0) is 82.8 Å². The van der Waals surface area contributed by atoms with Crippen LogP contribution < -0.4 is 19.8 Å². The average Bonchev–Trinajstić information content (AvgIpc) is 3.45. The maximum absolute atomic E-state index is 13.7. The van der Waals surface area contributed by atoms with E-state index in [0.29, 0.717) is 51.7 Å². The Hall–Kier alpha value is -3.68. The fourth-order valence-electron chi connectivity index (χ4n) is 4.58. The highest BCUT2D eigenvalue weighted by Crippen LogP contribution is 2.36. The zero-order chi connectivity index (χ0) is 30.1. The fourth-order valence-corrected chi connectivity index (χ4v) is 6.52. The van der Waals surface area contributed by atoms with Gasteiger partial charge in [0.25, 0.3) is 5.56 Å². The number of halogens is 3. The lowest BCUT2D eigenvalue weighted by Gasteiger charge is -2.14. The molecule has 0 saturated heterocycles. The lowest BCUT2D eigenvalue weighted by molar-refractivity contribution is 0.281. The molecule has 6 rings (SSSR count). The van der Waals surface area contributed by atoms with Crippen LogP contribution >= 0.6 is 54.5 Å². The average molecular weight is 815 g/mol. The number of ether oxygens (including phenoxy) is 3. The molecule has 0 N–H and O–H groups in total. The number of methoxy groups -OCH3 is 2. The van der Waals surface area contributed by atoms with Gasteiger partial charge in [-0.2, -0.15) is 9.78 Å². The lowest BCUT2D eigenvalue weighted by atomic mass is 10.2. The van der Waals surface area contributed by atoms with E-state index in [9.17, 15) is 4.79 Å². The Bertz CT molecular complexity index is 2090. The Kier molecular flexibility index (Phi) is 8.55. The van der Waals surface area contributed by atoms with Crippen molar-refractivity contribution in [3.05, 3.63) is 113 Å². The number of benzene rings is 4. The number of fused-ring (bicyclic) bond motifs is 2. The summed E-state index contributed by atoms with van der Waals surface area (Å²) in [5.41, 5.74) is 2.51. The third-order valence-corrected chi connectivity index (χ3v) is 8.71. The van der Waals surface area contributed by atoms with Gasteiger partial charge in [0, 0.05) is 14.5 Å². The number of para-hydroxylation sites is 1. The highest BCUT2D eigenvalue weighted by atomic mass is 127. The largest absolute Gasteiger partial charge is 0.496 e. The van der Waals surface area contributed by atoms with Crippen molar-refractivity contribution in [1.29, 1.82) is 0 Å². The number of nitrogens with zero attached hydrogens (tertiary/aromatic N) is 3. The van der Waals surface area contributed by atoms with E-state index < -0.39 is 0 Å². The molecule has 0 radical (unpaired) electrons. The normalized spacial score (nSPS) is 11.5. The molecule has 6 aromatic rings. The molecule has 8 nitrogen and oxygen atoms in total. The van der Waals surface area contributed by atoms with Crippen molar-refractivity contribution in [3.63, 3.8) is 0 Å². The van der Waals surface area contributed by atoms with E-state index in [4.69, 9.17) is 23.6 Å². The van der Waals surface area contributed by atoms with Gasteiger partial charge < -0.3 is 18.6 Å². The van der Waals surface area contributed by atoms with Crippen LogP contribution in [-0.2, 0) is 6.61 Å². The fraction of sp³-hybridized carbons (Fsp3) is 0.0938. The SMILES string of the molecule is COc1cc(C=Nn2c(-c3cc4c(OC)cccc4o3)nc3ccccc3c2=O)cc(I)c1OCc1ccc(Br)cc1Br. The minimum Gasteiger partial charge on any atom is -0.496 e. The molecule has 0 fully saturated rings. The number of hydrogen-bond acceptors (Lipinski definition) is 7. The Morgan fingerprint density at radius 2 is 1.77 bits per heavy atom. The first-order valence-electron chi connectivity index (χ1n) is 12.9. The molecule has 0 aliphatic heterocycles. The van der Waals surface area contributed by atoms with Crippen LogP contribution in [0.3, 0.4) is 0 Å². The highest BCUT2D eigenvalue weighted by Gasteiger charge is 2.18. The molecule has 4 aromatic carbocycles. The number of hydrogen-bond donors (Lipinski definition) is 0. The van der Waals surface area contributed by atoms with Crippen molar-refractivity contribution < 1.29 is 18.6 Å². The van der Waals surface area contributed by atoms with Gasteiger partial charge in [0.15, 0.2) is 17.3 Å². The van der Waals surface area contributed by atoms with Crippen LogP contribution in [0.15, 0.2) is 102 Å². The van der Waals surface area contributed by atoms with Crippen molar-refractivity contribution in [2.75, 3.05) is 14.2 Å². The smallest absolute Gasteiger partial charge is 0.282 e. The van der Waals surface area contributed by atoms with E-state index in [-0.39, 0.29) is 11.4 Å². The minimum absolute atomic E-state index is 0.264. The molecular weight excluding hydrogens is 793 g/mol. The van der Waals surface area contributed by atoms with Gasteiger partial charge in [0.2, 0.25) is 5.82 Å². The molecule has 0 spiro atoms. The molecule has 0 bridgehead atoms. The second-order valence-corrected chi connectivity index (χ2v) is 12.3. The van der Waals surface area contributed by atoms with Gasteiger partial charge >= 0.3 is 0 Å². The molecule has 0 aliphatic rings. The van der Waals surface area contributed by atoms with Crippen LogP contribution in [-0.4, -0.2) is 30.1 Å². The summed E-state index contributed by atoms with van der Waals surface area (Å²) in [6, 6.07) is 24.1. The predicted octanol–water partition coefficient (Wildman–Crippen LogP) is 8.42. The lowest BCUT2D eigenvalue weighted by Crippen LogP contribution is -2.20. The Labute approximate surface area is 276 Å². The van der Waals surface area contributed by atoms with Crippen LogP contribution in [0.1, 0.15) is 11.1 Å². The molecule has 216 valence electrons. The summed E-state index contributed by atoms with van der Waals surface area (Å²) >= 11 is 9.26. The zero-order valence-corrected chi connectivity index (χ0v) is 28.1. The van der Waals surface area contributed by atoms with Crippen molar-refractivity contribution in [1.82, 2.24) is 9.66 Å². The molecular formula is C32H22Br2IN3O5. The maximum Gasteiger partial charge on any atom is 0.282 e. The summed E-state index contributed by atoms with van der Waals surface area (Å²) in [4.78, 5) is 18.4. The van der Waals surface area contributed by atoms with E-state index >= 15 is 0 Å². The van der Waals surface area contributed by atoms with Crippen LogP contribution in [0, 0.1) is 3.57 Å². The second-order valence-electron chi connectivity index (χ2n) is 9.36. The molecule has 0 unspecified atom stereocenters. The number of rotatable bonds is 8. The Morgan fingerprint density at radius 3 is 2.56 bits per heavy atom. The van der Waals surface area contributed by atoms with Crippen molar-refractivity contribution in [3.8, 4) is 28.8 Å². The Balaban J connectivity index is 1.40. The summed E-state index contributed by atoms with van der Waals surface area (Å²) < 4.78 is 27.4. The van der Waals surface area contributed by atoms with E-state index in [2.05, 4.69) is 59.6 Å². The number of furan rings is 1. The quantitative estimate of drug-likeness (QED) is 0.113. The zero-order valence-electron chi connectivity index (χ0n) is 22.8. The molecule has 0 saturated carbocycles. The van der Waals surface area contributed by atoms with E-state index in [0.717, 1.165) is 23.5 Å². The molecule has 0 amide bonds. The molecule has 0 aliphatic carbocycles. The van der Waals surface area contributed by atoms with Crippen molar-refractivity contribution in [2.24, 2.45) is 5.10 Å². The predicted molar refractivity (Wildman–Crippen MR) is 183 cm³/mol. The van der Waals surface area contributed by atoms with Crippen LogP contribution in [0.4, 0.5) is 0 Å². The third kappa shape index (κ3) is 5.93. The molecule has 0 atom stereocenters. The minimum atomic E-state index is -0.328. The summed E-state index contributed by atoms with van der Waals surface area (Å²) in [6.45, 7) is 0.345. The topological polar surface area (TPSA) is 88.1 Å². The summed E-state index contributed by atoms with van der Waals surface area (Å²) in [5, 5.41) is 5.79. The van der Waals surface area contributed by atoms with Gasteiger partial charge in [-0.3, -0.25) is 4.79 Å². The first-order chi connectivity index (χ1) is 20.9. The molecule has 11 heteroatoms. The number of aromatic nitrogens is 2. The molecule has 2 aromatic heterocycles. The van der Waals surface area contributed by atoms with Gasteiger partial charge in [0.05, 0.1) is 40.3 Å². The molecule has 2 heterocycles. The highest BCUT2D eigenvalue weighted by molar-refractivity contribution is 14.1. The summed E-state index contributed by atoms with van der Waals surface area (Å²) in [5.74, 6) is 2.45. The maximum atomic E-state index is 13.7. The van der Waals surface area contributed by atoms with E-state index in [1.807, 2.05) is 54.6 Å². The standard InChI is InChI=1S/C32H22Br2IN3O5/c1-40-26-8-5-9-27-22(26)15-29(43-27)31-37-25-7-4-3-6-21(25)32(39)38(31)36-16-18-12-24(35)30(28(13-18)41-2)42-17-19-10-11-20(33)14-23(19)34/h3-16H,17H2,1-2H3. The first-order valence-corrected chi connectivity index (χ1v) is 15.6. The summed E-state index contributed by atoms with van der Waals surface area (Å²) in [6.07, 6.45) is 1.59. The second kappa shape index (κ2) is 12.5. The summed E-state index contributed by atoms with van der Waals surface area (Å²) in [7, 11) is 3.18. The van der Waals surface area contributed by atoms with Gasteiger partial charge in [-0.25, -0.2) is 4.98 Å². The van der Waals surface area contributed by atoms with E-state index in [1.165, 1.54) is 4.68 Å². The van der Waals surface area contributed by atoms with Gasteiger partial charge in [0.1, 0.15) is 17.9 Å². The van der Waals surface area contributed by atoms with Crippen molar-refractivity contribution >= 4 is 82.5 Å². The van der Waals surface area contributed by atoms with Crippen LogP contribution in [0.2, 0.25) is 0 Å². The van der Waals surface area contributed by atoms with Crippen LogP contribution in [0.25, 0.3) is 33.5 Å². The first kappa shape index (κ1) is 29.4. The van der Waals surface area contributed by atoms with Crippen molar-refractivity contribution in [2.45, 2.75) is 6.61 Å². The van der Waals surface area contributed by atoms with E-state index in [1.54, 1.807) is 44.7 Å². The van der Waals surface area contributed by atoms with Crippen LogP contribution in [0.5, 0.6) is 17.2 Å². The molecule has 43 heavy (non-hydrogen) atoms. The third-order valence-electron chi connectivity index (χ3n) is 6.68.